The zero-order valence-corrected chi connectivity index (χ0v) is 24.7. The SMILES string of the molecule is Cc1cc(Nc2ncnc3ccc(N4CC5(CCN(C(=O)OC(C)(C)C)C5)C4)nc23)ccc1Oc1cc[nH]/c(=N\C=N)c1. The van der Waals surface area contributed by atoms with Gasteiger partial charge >= 0.3 is 6.09 Å². The molecule has 0 aliphatic carbocycles. The van der Waals surface area contributed by atoms with Gasteiger partial charge in [0.25, 0.3) is 0 Å². The van der Waals surface area contributed by atoms with E-state index in [-0.39, 0.29) is 11.5 Å². The number of amides is 1. The summed E-state index contributed by atoms with van der Waals surface area (Å²) in [4.78, 5) is 37.4. The number of carbonyl (C=O) groups excluding carboxylic acids is 1. The number of nitrogens with zero attached hydrogens (tertiary/aromatic N) is 6. The minimum atomic E-state index is -0.500. The monoisotopic (exact) mass is 581 g/mol. The molecule has 0 radical (unpaired) electrons. The molecular weight excluding hydrogens is 546 g/mol. The predicted molar refractivity (Wildman–Crippen MR) is 164 cm³/mol. The van der Waals surface area contributed by atoms with Crippen molar-refractivity contribution in [3.8, 4) is 11.5 Å². The molecule has 1 amide bonds. The lowest BCUT2D eigenvalue weighted by Crippen LogP contribution is -2.58. The summed E-state index contributed by atoms with van der Waals surface area (Å²) >= 11 is 0. The molecule has 12 nitrogen and oxygen atoms in total. The molecule has 1 aromatic carbocycles. The van der Waals surface area contributed by atoms with Crippen LogP contribution in [-0.4, -0.2) is 69.0 Å². The Bertz CT molecular complexity index is 1760. The third kappa shape index (κ3) is 6.13. The summed E-state index contributed by atoms with van der Waals surface area (Å²) in [6.07, 6.45) is 4.94. The van der Waals surface area contributed by atoms with E-state index >= 15 is 0 Å². The van der Waals surface area contributed by atoms with Gasteiger partial charge in [0, 0.05) is 49.5 Å². The van der Waals surface area contributed by atoms with Crippen molar-refractivity contribution in [2.24, 2.45) is 10.4 Å². The molecule has 2 aliphatic heterocycles. The van der Waals surface area contributed by atoms with Crippen molar-refractivity contribution in [3.05, 3.63) is 66.0 Å². The molecule has 1 spiro atoms. The van der Waals surface area contributed by atoms with E-state index in [1.165, 1.54) is 6.33 Å². The molecule has 2 aliphatic rings. The van der Waals surface area contributed by atoms with E-state index in [1.54, 1.807) is 18.3 Å². The quantitative estimate of drug-likeness (QED) is 0.209. The minimum Gasteiger partial charge on any atom is -0.457 e. The number of pyridine rings is 2. The molecule has 6 rings (SSSR count). The Morgan fingerprint density at radius 1 is 1.14 bits per heavy atom. The normalized spacial score (nSPS) is 16.3. The van der Waals surface area contributed by atoms with Crippen LogP contribution in [0.2, 0.25) is 0 Å². The Morgan fingerprint density at radius 3 is 2.74 bits per heavy atom. The van der Waals surface area contributed by atoms with Gasteiger partial charge in [0.05, 0.1) is 5.52 Å². The molecule has 4 aromatic rings. The fourth-order valence-electron chi connectivity index (χ4n) is 5.55. The molecule has 2 saturated heterocycles. The number of hydrogen-bond acceptors (Lipinski definition) is 9. The van der Waals surface area contributed by atoms with Crippen LogP contribution in [0, 0.1) is 17.7 Å². The van der Waals surface area contributed by atoms with Crippen molar-refractivity contribution >= 4 is 40.8 Å². The van der Waals surface area contributed by atoms with Gasteiger partial charge in [0.2, 0.25) is 0 Å². The third-order valence-corrected chi connectivity index (χ3v) is 7.56. The highest BCUT2D eigenvalue weighted by molar-refractivity contribution is 5.88. The maximum absolute atomic E-state index is 12.6. The van der Waals surface area contributed by atoms with Gasteiger partial charge in [-0.15, -0.1) is 0 Å². The molecule has 5 heterocycles. The number of hydrogen-bond donors (Lipinski definition) is 3. The molecule has 3 aromatic heterocycles. The lowest BCUT2D eigenvalue weighted by Gasteiger charge is -2.48. The minimum absolute atomic E-state index is 0.0670. The maximum Gasteiger partial charge on any atom is 0.410 e. The first-order valence-electron chi connectivity index (χ1n) is 14.2. The molecule has 0 unspecified atom stereocenters. The lowest BCUT2D eigenvalue weighted by molar-refractivity contribution is 0.0265. The van der Waals surface area contributed by atoms with Crippen molar-refractivity contribution in [3.63, 3.8) is 0 Å². The number of nitrogens with one attached hydrogen (secondary N) is 3. The van der Waals surface area contributed by atoms with Crippen molar-refractivity contribution in [1.29, 1.82) is 5.41 Å². The van der Waals surface area contributed by atoms with E-state index in [0.717, 1.165) is 48.4 Å². The first kappa shape index (κ1) is 28.1. The van der Waals surface area contributed by atoms with Crippen LogP contribution in [0.15, 0.2) is 60.0 Å². The van der Waals surface area contributed by atoms with Crippen LogP contribution in [0.4, 0.5) is 22.1 Å². The molecule has 12 heteroatoms. The summed E-state index contributed by atoms with van der Waals surface area (Å²) in [5.74, 6) is 2.79. The number of ether oxygens (including phenoxy) is 2. The van der Waals surface area contributed by atoms with Crippen LogP contribution in [0.5, 0.6) is 11.5 Å². The number of likely N-dealkylation sites (tertiary alicyclic amines) is 1. The number of aromatic amines is 1. The van der Waals surface area contributed by atoms with Crippen LogP contribution in [0.1, 0.15) is 32.8 Å². The Hall–Kier alpha value is -5.00. The van der Waals surface area contributed by atoms with Crippen LogP contribution < -0.4 is 20.4 Å². The maximum atomic E-state index is 12.6. The fraction of sp³-hybridized carbons (Fsp3) is 0.355. The summed E-state index contributed by atoms with van der Waals surface area (Å²) in [5.41, 5.74) is 3.30. The summed E-state index contributed by atoms with van der Waals surface area (Å²) in [7, 11) is 0. The average molecular weight is 582 g/mol. The second kappa shape index (κ2) is 11.0. The Labute approximate surface area is 249 Å². The summed E-state index contributed by atoms with van der Waals surface area (Å²) in [6, 6.07) is 13.3. The van der Waals surface area contributed by atoms with E-state index in [9.17, 15) is 4.79 Å². The molecular formula is C31H35N9O3. The second-order valence-electron chi connectivity index (χ2n) is 12.1. The molecule has 0 saturated carbocycles. The largest absolute Gasteiger partial charge is 0.457 e. The van der Waals surface area contributed by atoms with Gasteiger partial charge in [-0.3, -0.25) is 5.41 Å². The smallest absolute Gasteiger partial charge is 0.410 e. The standard InChI is InChI=1S/C31H35N9O3/c1-20-13-21(5-7-24(20)42-22-9-11-33-25(14-22)34-18-32)37-28-27-23(35-19-36-28)6-8-26(38-27)40-16-31(17-40)10-12-39(15-31)29(41)43-30(2,3)4/h5-9,11,13-14,18-19H,10,12,15-17H2,1-4H3,(H2,32,33,34)(H,35,36,37). The number of carbonyl (C=O) groups is 1. The Balaban J connectivity index is 1.15. The van der Waals surface area contributed by atoms with Crippen LogP contribution in [-0.2, 0) is 4.74 Å². The number of anilines is 3. The van der Waals surface area contributed by atoms with Gasteiger partial charge in [-0.1, -0.05) is 0 Å². The molecule has 0 atom stereocenters. The Kier molecular flexibility index (Phi) is 7.20. The van der Waals surface area contributed by atoms with Gasteiger partial charge in [-0.25, -0.2) is 24.7 Å². The van der Waals surface area contributed by atoms with Gasteiger partial charge < -0.3 is 29.6 Å². The van der Waals surface area contributed by atoms with Gasteiger partial charge in [0.15, 0.2) is 5.82 Å². The van der Waals surface area contributed by atoms with Gasteiger partial charge in [-0.2, -0.15) is 0 Å². The first-order chi connectivity index (χ1) is 20.6. The molecule has 3 N–H and O–H groups in total. The van der Waals surface area contributed by atoms with Crippen molar-refractivity contribution in [1.82, 2.24) is 24.8 Å². The fourth-order valence-corrected chi connectivity index (χ4v) is 5.55. The number of H-pyrrole nitrogens is 1. The zero-order valence-electron chi connectivity index (χ0n) is 24.7. The van der Waals surface area contributed by atoms with E-state index in [2.05, 4.69) is 30.2 Å². The highest BCUT2D eigenvalue weighted by Gasteiger charge is 2.49. The van der Waals surface area contributed by atoms with Crippen molar-refractivity contribution in [2.45, 2.75) is 39.7 Å². The number of aryl methyl sites for hydroxylation is 1. The predicted octanol–water partition coefficient (Wildman–Crippen LogP) is 5.15. The van der Waals surface area contributed by atoms with E-state index in [1.807, 2.05) is 62.9 Å². The van der Waals surface area contributed by atoms with Gasteiger partial charge in [0.1, 0.15) is 46.6 Å². The van der Waals surface area contributed by atoms with Crippen molar-refractivity contribution in [2.75, 3.05) is 36.4 Å². The molecule has 222 valence electrons. The highest BCUT2D eigenvalue weighted by atomic mass is 16.6. The van der Waals surface area contributed by atoms with E-state index in [0.29, 0.717) is 41.4 Å². The molecule has 43 heavy (non-hydrogen) atoms. The van der Waals surface area contributed by atoms with Crippen molar-refractivity contribution < 1.29 is 14.3 Å². The number of benzene rings is 1. The van der Waals surface area contributed by atoms with Gasteiger partial charge in [-0.05, 0) is 76.1 Å². The third-order valence-electron chi connectivity index (χ3n) is 7.56. The van der Waals surface area contributed by atoms with Crippen LogP contribution >= 0.6 is 0 Å². The Morgan fingerprint density at radius 2 is 1.98 bits per heavy atom. The van der Waals surface area contributed by atoms with E-state index < -0.39 is 5.60 Å². The summed E-state index contributed by atoms with van der Waals surface area (Å²) in [6.45, 7) is 10.7. The zero-order chi connectivity index (χ0) is 30.2. The van der Waals surface area contributed by atoms with E-state index in [4.69, 9.17) is 19.9 Å². The summed E-state index contributed by atoms with van der Waals surface area (Å²) in [5, 5.41) is 10.6. The highest BCUT2D eigenvalue weighted by Crippen LogP contribution is 2.42. The number of rotatable bonds is 6. The summed E-state index contributed by atoms with van der Waals surface area (Å²) < 4.78 is 11.6. The number of fused-ring (bicyclic) bond motifs is 1. The van der Waals surface area contributed by atoms with Crippen LogP contribution in [0.25, 0.3) is 11.0 Å². The molecule has 2 fully saturated rings. The lowest BCUT2D eigenvalue weighted by atomic mass is 9.79. The van der Waals surface area contributed by atoms with Crippen LogP contribution in [0.3, 0.4) is 0 Å². The average Bonchev–Trinajstić information content (AvgIpc) is 3.40. The second-order valence-corrected chi connectivity index (χ2v) is 12.1. The first-order valence-corrected chi connectivity index (χ1v) is 14.2. The topological polar surface area (TPSA) is 145 Å². The number of aromatic nitrogens is 4. The molecule has 0 bridgehead atoms.